The predicted molar refractivity (Wildman–Crippen MR) is 97.1 cm³/mol. The average Bonchev–Trinajstić information content (AvgIpc) is 3.48. The molecule has 1 amide bonds. The van der Waals surface area contributed by atoms with Gasteiger partial charge in [-0.2, -0.15) is 5.26 Å². The average molecular weight is 334 g/mol. The van der Waals surface area contributed by atoms with Crippen molar-refractivity contribution in [3.8, 4) is 17.2 Å². The van der Waals surface area contributed by atoms with Crippen LogP contribution in [0.4, 0.5) is 0 Å². The van der Waals surface area contributed by atoms with Crippen LogP contribution in [-0.2, 0) is 4.74 Å². The molecule has 4 heteroatoms. The van der Waals surface area contributed by atoms with Crippen molar-refractivity contribution in [2.45, 2.75) is 19.3 Å². The number of amides is 1. The van der Waals surface area contributed by atoms with Gasteiger partial charge in [-0.25, -0.2) is 0 Å². The summed E-state index contributed by atoms with van der Waals surface area (Å²) in [5.74, 6) is 0.646. The Bertz CT molecular complexity index is 775. The van der Waals surface area contributed by atoms with Gasteiger partial charge in [-0.3, -0.25) is 4.79 Å². The molecule has 1 N–H and O–H groups in total. The maximum Gasteiger partial charge on any atom is 0.251 e. The summed E-state index contributed by atoms with van der Waals surface area (Å²) in [6.45, 7) is 2.11. The summed E-state index contributed by atoms with van der Waals surface area (Å²) in [6, 6.07) is 16.9. The predicted octanol–water partition coefficient (Wildman–Crippen LogP) is 3.77. The van der Waals surface area contributed by atoms with E-state index in [0.717, 1.165) is 30.1 Å². The highest BCUT2D eigenvalue weighted by molar-refractivity contribution is 6.01. The van der Waals surface area contributed by atoms with Crippen molar-refractivity contribution in [2.24, 2.45) is 5.92 Å². The molecule has 0 saturated heterocycles. The Labute approximate surface area is 148 Å². The monoisotopic (exact) mass is 334 g/mol. The van der Waals surface area contributed by atoms with Crippen LogP contribution in [-0.4, -0.2) is 25.7 Å². The van der Waals surface area contributed by atoms with Gasteiger partial charge in [-0.15, -0.1) is 0 Å². The number of rotatable bonds is 8. The summed E-state index contributed by atoms with van der Waals surface area (Å²) >= 11 is 0. The van der Waals surface area contributed by atoms with Crippen molar-refractivity contribution in [1.82, 2.24) is 5.32 Å². The minimum Gasteiger partial charge on any atom is -0.381 e. The Balaban J connectivity index is 1.61. The van der Waals surface area contributed by atoms with Crippen molar-refractivity contribution < 1.29 is 9.53 Å². The molecule has 4 nitrogen and oxygen atoms in total. The number of nitrogens with zero attached hydrogens (tertiary/aromatic N) is 1. The Morgan fingerprint density at radius 3 is 2.60 bits per heavy atom. The highest BCUT2D eigenvalue weighted by Crippen LogP contribution is 2.29. The summed E-state index contributed by atoms with van der Waals surface area (Å²) in [5.41, 5.74) is 2.71. The second-order valence-corrected chi connectivity index (χ2v) is 6.33. The van der Waals surface area contributed by atoms with Crippen LogP contribution in [0.2, 0.25) is 0 Å². The first kappa shape index (κ1) is 17.2. The van der Waals surface area contributed by atoms with Crippen LogP contribution in [0.25, 0.3) is 11.1 Å². The van der Waals surface area contributed by atoms with E-state index >= 15 is 0 Å². The van der Waals surface area contributed by atoms with Crippen LogP contribution in [0, 0.1) is 17.2 Å². The molecule has 1 aliphatic rings. The number of ether oxygens (including phenoxy) is 1. The van der Waals surface area contributed by atoms with Gasteiger partial charge in [0, 0.05) is 30.9 Å². The van der Waals surface area contributed by atoms with Gasteiger partial charge >= 0.3 is 0 Å². The molecule has 0 bridgehead atoms. The fourth-order valence-corrected chi connectivity index (χ4v) is 2.74. The van der Waals surface area contributed by atoms with Gasteiger partial charge in [0.1, 0.15) is 0 Å². The Morgan fingerprint density at radius 1 is 1.12 bits per heavy atom. The van der Waals surface area contributed by atoms with Crippen LogP contribution in [0.15, 0.2) is 48.5 Å². The van der Waals surface area contributed by atoms with Crippen molar-refractivity contribution >= 4 is 5.91 Å². The number of hydrogen-bond acceptors (Lipinski definition) is 3. The Hall–Kier alpha value is -2.64. The molecule has 0 aromatic heterocycles. The lowest BCUT2D eigenvalue weighted by Gasteiger charge is -2.11. The van der Waals surface area contributed by atoms with Crippen LogP contribution in [0.1, 0.15) is 35.2 Å². The molecule has 1 saturated carbocycles. The van der Waals surface area contributed by atoms with Crippen molar-refractivity contribution in [1.29, 1.82) is 5.26 Å². The largest absolute Gasteiger partial charge is 0.381 e. The van der Waals surface area contributed by atoms with E-state index in [1.54, 1.807) is 12.1 Å². The van der Waals surface area contributed by atoms with E-state index in [4.69, 9.17) is 4.74 Å². The van der Waals surface area contributed by atoms with E-state index in [2.05, 4.69) is 11.4 Å². The first-order valence-corrected chi connectivity index (χ1v) is 8.74. The summed E-state index contributed by atoms with van der Waals surface area (Å²) in [6.07, 6.45) is 3.38. The van der Waals surface area contributed by atoms with Crippen LogP contribution < -0.4 is 5.32 Å². The van der Waals surface area contributed by atoms with Gasteiger partial charge in [0.2, 0.25) is 0 Å². The van der Waals surface area contributed by atoms with Gasteiger partial charge in [-0.1, -0.05) is 36.4 Å². The van der Waals surface area contributed by atoms with E-state index in [1.807, 2.05) is 36.4 Å². The number of carbonyl (C=O) groups excluding carboxylic acids is 1. The first-order chi connectivity index (χ1) is 12.3. The zero-order chi connectivity index (χ0) is 17.5. The standard InChI is InChI=1S/C21H22N2O2/c22-14-17-6-1-2-7-18(17)19-8-3-4-9-20(19)21(24)23-12-5-13-25-15-16-10-11-16/h1-4,6-9,16H,5,10-13,15H2,(H,23,24). The second kappa shape index (κ2) is 8.46. The van der Waals surface area contributed by atoms with Crippen LogP contribution in [0.5, 0.6) is 0 Å². The third-order valence-corrected chi connectivity index (χ3v) is 4.31. The fraction of sp³-hybridized carbons (Fsp3) is 0.333. The smallest absolute Gasteiger partial charge is 0.251 e. The molecule has 0 heterocycles. The lowest BCUT2D eigenvalue weighted by atomic mass is 9.95. The molecule has 128 valence electrons. The zero-order valence-electron chi connectivity index (χ0n) is 14.2. The Kier molecular flexibility index (Phi) is 5.81. The van der Waals surface area contributed by atoms with E-state index < -0.39 is 0 Å². The summed E-state index contributed by atoms with van der Waals surface area (Å²) < 4.78 is 5.58. The molecule has 0 unspecified atom stereocenters. The van der Waals surface area contributed by atoms with Gasteiger partial charge in [-0.05, 0) is 42.9 Å². The quantitative estimate of drug-likeness (QED) is 0.748. The summed E-state index contributed by atoms with van der Waals surface area (Å²) in [4.78, 5) is 12.6. The van der Waals surface area contributed by atoms with E-state index in [1.165, 1.54) is 12.8 Å². The van der Waals surface area contributed by atoms with Crippen molar-refractivity contribution in [3.63, 3.8) is 0 Å². The molecule has 2 aromatic rings. The van der Waals surface area contributed by atoms with Crippen molar-refractivity contribution in [2.75, 3.05) is 19.8 Å². The maximum absolute atomic E-state index is 12.6. The third kappa shape index (κ3) is 4.68. The lowest BCUT2D eigenvalue weighted by molar-refractivity contribution is 0.0938. The topological polar surface area (TPSA) is 62.1 Å². The molecule has 1 fully saturated rings. The van der Waals surface area contributed by atoms with Gasteiger partial charge in [0.25, 0.3) is 5.91 Å². The molecular weight excluding hydrogens is 312 g/mol. The molecule has 0 aliphatic heterocycles. The highest BCUT2D eigenvalue weighted by atomic mass is 16.5. The van der Waals surface area contributed by atoms with E-state index in [-0.39, 0.29) is 5.91 Å². The summed E-state index contributed by atoms with van der Waals surface area (Å²) in [7, 11) is 0. The van der Waals surface area contributed by atoms with Crippen LogP contribution >= 0.6 is 0 Å². The number of nitriles is 1. The SMILES string of the molecule is N#Cc1ccccc1-c1ccccc1C(=O)NCCCOCC1CC1. The fourth-order valence-electron chi connectivity index (χ4n) is 2.74. The van der Waals surface area contributed by atoms with Gasteiger partial charge in [0.05, 0.1) is 11.6 Å². The molecule has 0 atom stereocenters. The minimum atomic E-state index is -0.120. The van der Waals surface area contributed by atoms with E-state index in [0.29, 0.717) is 24.3 Å². The van der Waals surface area contributed by atoms with E-state index in [9.17, 15) is 10.1 Å². The molecule has 25 heavy (non-hydrogen) atoms. The van der Waals surface area contributed by atoms with Gasteiger partial charge < -0.3 is 10.1 Å². The number of benzene rings is 2. The highest BCUT2D eigenvalue weighted by Gasteiger charge is 2.20. The molecule has 0 spiro atoms. The van der Waals surface area contributed by atoms with Gasteiger partial charge in [0.15, 0.2) is 0 Å². The third-order valence-electron chi connectivity index (χ3n) is 4.31. The molecule has 0 radical (unpaired) electrons. The number of nitrogens with one attached hydrogen (secondary N) is 1. The molecule has 2 aromatic carbocycles. The number of hydrogen-bond donors (Lipinski definition) is 1. The minimum absolute atomic E-state index is 0.120. The van der Waals surface area contributed by atoms with Crippen LogP contribution in [0.3, 0.4) is 0 Å². The number of carbonyl (C=O) groups is 1. The normalized spacial score (nSPS) is 13.2. The molecule has 1 aliphatic carbocycles. The van der Waals surface area contributed by atoms with Crippen molar-refractivity contribution in [3.05, 3.63) is 59.7 Å². The lowest BCUT2D eigenvalue weighted by Crippen LogP contribution is -2.26. The Morgan fingerprint density at radius 2 is 1.84 bits per heavy atom. The maximum atomic E-state index is 12.6. The second-order valence-electron chi connectivity index (χ2n) is 6.33. The summed E-state index contributed by atoms with van der Waals surface area (Å²) in [5, 5.41) is 12.3. The zero-order valence-corrected chi connectivity index (χ0v) is 14.2. The molecular formula is C21H22N2O2. The first-order valence-electron chi connectivity index (χ1n) is 8.74. The molecule has 3 rings (SSSR count).